The number of aliphatic hydroxyl groups is 1. The molecule has 6 atom stereocenters. The Kier molecular flexibility index (Phi) is 7.71. The van der Waals surface area contributed by atoms with Gasteiger partial charge in [-0.25, -0.2) is 0 Å². The third kappa shape index (κ3) is 3.85. The predicted octanol–water partition coefficient (Wildman–Crippen LogP) is 1.54. The Hall–Kier alpha value is -1.28. The molecule has 3 aliphatic heterocycles. The molecule has 2 bridgehead atoms. The number of fused-ring (bicyclic) bond motifs is 1. The predicted molar refractivity (Wildman–Crippen MR) is 118 cm³/mol. The molecule has 0 aromatic carbocycles. The lowest BCUT2D eigenvalue weighted by atomic mass is 9.66. The quantitative estimate of drug-likeness (QED) is 0.424. The van der Waals surface area contributed by atoms with Crippen molar-refractivity contribution in [1.82, 2.24) is 15.5 Å². The number of amides is 3. The number of carbonyl (C=O) groups excluding carboxylic acids is 3. The Labute approximate surface area is 184 Å². The van der Waals surface area contributed by atoms with E-state index >= 15 is 0 Å². The van der Waals surface area contributed by atoms with E-state index in [9.17, 15) is 14.4 Å². The van der Waals surface area contributed by atoms with Gasteiger partial charge in [0.15, 0.2) is 0 Å². The summed E-state index contributed by atoms with van der Waals surface area (Å²) in [5.41, 5.74) is 0. The van der Waals surface area contributed by atoms with E-state index in [4.69, 9.17) is 5.11 Å². The van der Waals surface area contributed by atoms with E-state index in [1.807, 2.05) is 0 Å². The monoisotopic (exact) mass is 439 g/mol. The average molecular weight is 440 g/mol. The first kappa shape index (κ1) is 23.4. The van der Waals surface area contributed by atoms with E-state index in [0.29, 0.717) is 13.1 Å². The second kappa shape index (κ2) is 9.90. The number of rotatable bonds is 11. The van der Waals surface area contributed by atoms with Gasteiger partial charge in [-0.15, -0.1) is 11.8 Å². The Morgan fingerprint density at radius 2 is 1.93 bits per heavy atom. The maximum Gasteiger partial charge on any atom is 0.244 e. The summed E-state index contributed by atoms with van der Waals surface area (Å²) >= 11 is 1.72. The number of nitrogens with one attached hydrogen (secondary N) is 2. The fourth-order valence-electron chi connectivity index (χ4n) is 5.76. The molecule has 0 aromatic rings. The first-order valence-electron chi connectivity index (χ1n) is 11.5. The molecule has 3 saturated heterocycles. The van der Waals surface area contributed by atoms with Gasteiger partial charge >= 0.3 is 0 Å². The maximum atomic E-state index is 13.6. The molecule has 0 aliphatic carbocycles. The lowest BCUT2D eigenvalue weighted by Crippen LogP contribution is -2.56. The van der Waals surface area contributed by atoms with Gasteiger partial charge in [-0.05, 0) is 31.6 Å². The van der Waals surface area contributed by atoms with Crippen LogP contribution < -0.4 is 10.6 Å². The first-order chi connectivity index (χ1) is 14.4. The van der Waals surface area contributed by atoms with E-state index in [1.165, 1.54) is 0 Å². The summed E-state index contributed by atoms with van der Waals surface area (Å²) < 4.78 is -0.514. The number of aliphatic hydroxyl groups excluding tert-OH is 1. The van der Waals surface area contributed by atoms with Gasteiger partial charge in [-0.2, -0.15) is 0 Å². The molecular formula is C22H37N3O4S. The highest BCUT2D eigenvalue weighted by Gasteiger charge is 2.75. The fourth-order valence-corrected chi connectivity index (χ4v) is 8.18. The Bertz CT molecular complexity index is 660. The molecule has 30 heavy (non-hydrogen) atoms. The minimum Gasteiger partial charge on any atom is -0.396 e. The molecule has 3 aliphatic rings. The van der Waals surface area contributed by atoms with Gasteiger partial charge < -0.3 is 20.6 Å². The van der Waals surface area contributed by atoms with Crippen LogP contribution in [0.15, 0.2) is 0 Å². The van der Waals surface area contributed by atoms with Crippen molar-refractivity contribution in [2.45, 2.75) is 74.8 Å². The van der Waals surface area contributed by atoms with E-state index < -0.39 is 16.7 Å². The minimum atomic E-state index is -0.514. The van der Waals surface area contributed by atoms with Gasteiger partial charge in [0.1, 0.15) is 6.04 Å². The Balaban J connectivity index is 1.87. The molecule has 3 unspecified atom stereocenters. The molecule has 3 rings (SSSR count). The zero-order valence-electron chi connectivity index (χ0n) is 18.5. The summed E-state index contributed by atoms with van der Waals surface area (Å²) in [4.78, 5) is 41.5. The summed E-state index contributed by atoms with van der Waals surface area (Å²) in [6.45, 7) is 5.56. The molecule has 0 radical (unpaired) electrons. The number of nitrogens with zero attached hydrogens (tertiary/aromatic N) is 1. The number of likely N-dealkylation sites (tertiary alicyclic amines) is 1. The SMILES string of the molecule is CCCCNC(=O)C1N(CCCCCCO)C(=O)[C@@H]2[C@@H](C(=O)NC)[C@H]3CC(C)C12S3. The number of thioether (sulfide) groups is 1. The van der Waals surface area contributed by atoms with Crippen molar-refractivity contribution in [1.29, 1.82) is 0 Å². The van der Waals surface area contributed by atoms with Crippen molar-refractivity contribution in [2.75, 3.05) is 26.7 Å². The van der Waals surface area contributed by atoms with Crippen LogP contribution in [-0.2, 0) is 14.4 Å². The largest absolute Gasteiger partial charge is 0.396 e. The van der Waals surface area contributed by atoms with Gasteiger partial charge in [0, 0.05) is 32.0 Å². The molecule has 7 nitrogen and oxygen atoms in total. The average Bonchev–Trinajstić information content (AvgIpc) is 3.31. The number of unbranched alkanes of at least 4 members (excludes halogenated alkanes) is 4. The van der Waals surface area contributed by atoms with Gasteiger partial charge in [-0.1, -0.05) is 33.1 Å². The van der Waals surface area contributed by atoms with Crippen molar-refractivity contribution in [2.24, 2.45) is 17.8 Å². The van der Waals surface area contributed by atoms with Crippen molar-refractivity contribution in [3.63, 3.8) is 0 Å². The zero-order valence-corrected chi connectivity index (χ0v) is 19.3. The van der Waals surface area contributed by atoms with Crippen LogP contribution in [0.1, 0.15) is 58.8 Å². The van der Waals surface area contributed by atoms with E-state index in [2.05, 4.69) is 24.5 Å². The highest BCUT2D eigenvalue weighted by atomic mass is 32.2. The normalized spacial score (nSPS) is 34.3. The van der Waals surface area contributed by atoms with Crippen LogP contribution in [0, 0.1) is 17.8 Å². The summed E-state index contributed by atoms with van der Waals surface area (Å²) in [6.07, 6.45) is 6.17. The summed E-state index contributed by atoms with van der Waals surface area (Å²) in [7, 11) is 1.63. The van der Waals surface area contributed by atoms with Gasteiger partial charge in [0.05, 0.1) is 16.6 Å². The van der Waals surface area contributed by atoms with E-state index in [1.54, 1.807) is 23.7 Å². The fraction of sp³-hybridized carbons (Fsp3) is 0.864. The van der Waals surface area contributed by atoms with Crippen LogP contribution in [0.25, 0.3) is 0 Å². The highest BCUT2D eigenvalue weighted by molar-refractivity contribution is 8.02. The lowest BCUT2D eigenvalue weighted by Gasteiger charge is -2.38. The van der Waals surface area contributed by atoms with Crippen LogP contribution in [-0.4, -0.2) is 70.5 Å². The maximum absolute atomic E-state index is 13.6. The standard InChI is InChI=1S/C22H37N3O4S/c1-4-5-10-24-20(28)18-22-14(2)13-15(30-22)16(19(27)23-3)17(22)21(29)25(18)11-8-6-7-9-12-26/h14-18,26H,4-13H2,1-3H3,(H,23,27)(H,24,28)/t14?,15-,16+,17+,18?,22?/m1/s1. The summed E-state index contributed by atoms with van der Waals surface area (Å²) in [5, 5.41) is 14.9. The highest BCUT2D eigenvalue weighted by Crippen LogP contribution is 2.68. The smallest absolute Gasteiger partial charge is 0.244 e. The van der Waals surface area contributed by atoms with Crippen LogP contribution in [0.3, 0.4) is 0 Å². The first-order valence-corrected chi connectivity index (χ1v) is 12.4. The Morgan fingerprint density at radius 3 is 2.60 bits per heavy atom. The molecule has 3 amide bonds. The molecule has 0 aromatic heterocycles. The molecule has 1 spiro atoms. The van der Waals surface area contributed by atoms with Crippen LogP contribution in [0.4, 0.5) is 0 Å². The second-order valence-corrected chi connectivity index (χ2v) is 10.5. The summed E-state index contributed by atoms with van der Waals surface area (Å²) in [5.74, 6) is -0.724. The number of hydrogen-bond donors (Lipinski definition) is 3. The van der Waals surface area contributed by atoms with Gasteiger partial charge in [0.25, 0.3) is 0 Å². The lowest BCUT2D eigenvalue weighted by molar-refractivity contribution is -0.140. The van der Waals surface area contributed by atoms with E-state index in [-0.39, 0.29) is 41.4 Å². The molecular weight excluding hydrogens is 402 g/mol. The van der Waals surface area contributed by atoms with Crippen molar-refractivity contribution >= 4 is 29.5 Å². The molecule has 170 valence electrons. The molecule has 0 saturated carbocycles. The number of carbonyl (C=O) groups is 3. The zero-order chi connectivity index (χ0) is 21.9. The third-order valence-corrected chi connectivity index (χ3v) is 9.26. The van der Waals surface area contributed by atoms with Crippen molar-refractivity contribution < 1.29 is 19.5 Å². The molecule has 8 heteroatoms. The van der Waals surface area contributed by atoms with Crippen LogP contribution >= 0.6 is 11.8 Å². The second-order valence-electron chi connectivity index (χ2n) is 8.98. The Morgan fingerprint density at radius 1 is 1.20 bits per heavy atom. The molecule has 3 N–H and O–H groups in total. The van der Waals surface area contributed by atoms with Gasteiger partial charge in [0.2, 0.25) is 17.7 Å². The minimum absolute atomic E-state index is 0.0250. The van der Waals surface area contributed by atoms with Crippen LogP contribution in [0.2, 0.25) is 0 Å². The van der Waals surface area contributed by atoms with Crippen LogP contribution in [0.5, 0.6) is 0 Å². The van der Waals surface area contributed by atoms with Crippen molar-refractivity contribution in [3.8, 4) is 0 Å². The van der Waals surface area contributed by atoms with Crippen molar-refractivity contribution in [3.05, 3.63) is 0 Å². The number of hydrogen-bond acceptors (Lipinski definition) is 5. The van der Waals surface area contributed by atoms with E-state index in [0.717, 1.165) is 44.9 Å². The molecule has 3 heterocycles. The third-order valence-electron chi connectivity index (χ3n) is 7.18. The topological polar surface area (TPSA) is 98.7 Å². The summed E-state index contributed by atoms with van der Waals surface area (Å²) in [6, 6.07) is -0.510. The van der Waals surface area contributed by atoms with Gasteiger partial charge in [-0.3, -0.25) is 14.4 Å². The molecule has 3 fully saturated rings.